The Morgan fingerprint density at radius 2 is 2.40 bits per heavy atom. The van der Waals surface area contributed by atoms with Crippen molar-refractivity contribution in [1.82, 2.24) is 0 Å². The van der Waals surface area contributed by atoms with Gasteiger partial charge in [-0.25, -0.2) is 0 Å². The molecule has 56 valence electrons. The second-order valence-corrected chi connectivity index (χ2v) is 1.95. The van der Waals surface area contributed by atoms with Crippen LogP contribution in [0.1, 0.15) is 19.3 Å². The van der Waals surface area contributed by atoms with Crippen molar-refractivity contribution in [2.45, 2.75) is 25.4 Å². The van der Waals surface area contributed by atoms with E-state index in [2.05, 4.69) is 5.92 Å². The molecule has 10 heavy (non-hydrogen) atoms. The second-order valence-electron chi connectivity index (χ2n) is 1.95. The van der Waals surface area contributed by atoms with Gasteiger partial charge in [0.05, 0.1) is 0 Å². The van der Waals surface area contributed by atoms with Crippen molar-refractivity contribution in [3.63, 3.8) is 0 Å². The van der Waals surface area contributed by atoms with Gasteiger partial charge >= 0.3 is 0 Å². The Balaban J connectivity index is 3.22. The zero-order chi connectivity index (χ0) is 7.98. The van der Waals surface area contributed by atoms with Crippen LogP contribution in [0.15, 0.2) is 0 Å². The molecule has 0 saturated carbocycles. The van der Waals surface area contributed by atoms with Crippen LogP contribution in [0.25, 0.3) is 0 Å². The predicted molar refractivity (Wildman–Crippen MR) is 33.7 cm³/mol. The fraction of sp³-hybridized carbons (Fsp3) is 0.571. The molecular weight excluding hydrogens is 132 g/mol. The average Bonchev–Trinajstić information content (AvgIpc) is 1.87. The fourth-order valence-electron chi connectivity index (χ4n) is 0.523. The third kappa shape index (κ3) is 5.13. The number of carboxylic acids is 1. The Bertz CT molecular complexity index is 145. The van der Waals surface area contributed by atoms with E-state index in [9.17, 15) is 9.90 Å². The lowest BCUT2D eigenvalue weighted by Gasteiger charge is -2.02. The number of aliphatic hydroxyl groups excluding tert-OH is 1. The highest BCUT2D eigenvalue weighted by atomic mass is 16.4. The van der Waals surface area contributed by atoms with E-state index in [-0.39, 0.29) is 6.42 Å². The van der Waals surface area contributed by atoms with Gasteiger partial charge in [-0.05, 0) is 19.3 Å². The molecule has 0 bridgehead atoms. The highest BCUT2D eigenvalue weighted by Crippen LogP contribution is 1.98. The molecule has 1 N–H and O–H groups in total. The summed E-state index contributed by atoms with van der Waals surface area (Å²) in [6.07, 6.45) is 4.66. The lowest BCUT2D eigenvalue weighted by molar-refractivity contribution is -0.305. The normalized spacial score (nSPS) is 12.0. The van der Waals surface area contributed by atoms with Gasteiger partial charge in [-0.2, -0.15) is 0 Å². The molecular formula is C7H9O3-. The van der Waals surface area contributed by atoms with Crippen LogP contribution in [-0.2, 0) is 4.79 Å². The molecule has 0 aliphatic rings. The highest BCUT2D eigenvalue weighted by Gasteiger charge is 1.96. The van der Waals surface area contributed by atoms with E-state index < -0.39 is 12.1 Å². The summed E-state index contributed by atoms with van der Waals surface area (Å²) in [6.45, 7) is 0. The van der Waals surface area contributed by atoms with E-state index >= 15 is 0 Å². The van der Waals surface area contributed by atoms with Gasteiger partial charge in [0.25, 0.3) is 0 Å². The molecule has 0 amide bonds. The van der Waals surface area contributed by atoms with Crippen molar-refractivity contribution in [3.05, 3.63) is 0 Å². The van der Waals surface area contributed by atoms with Crippen LogP contribution in [0, 0.1) is 12.3 Å². The number of carbonyl (C=O) groups excluding carboxylic acids is 1. The van der Waals surface area contributed by atoms with Crippen LogP contribution in [0.4, 0.5) is 0 Å². The molecule has 0 radical (unpaired) electrons. The summed E-state index contributed by atoms with van der Waals surface area (Å²) in [6, 6.07) is 0. The minimum atomic E-state index is -1.11. The Morgan fingerprint density at radius 3 is 2.80 bits per heavy atom. The summed E-state index contributed by atoms with van der Waals surface area (Å²) < 4.78 is 0. The van der Waals surface area contributed by atoms with Crippen LogP contribution in [-0.4, -0.2) is 17.2 Å². The van der Waals surface area contributed by atoms with Crippen molar-refractivity contribution >= 4 is 5.97 Å². The molecule has 1 unspecified atom stereocenters. The molecule has 0 saturated heterocycles. The van der Waals surface area contributed by atoms with Gasteiger partial charge in [-0.15, -0.1) is 6.42 Å². The number of carbonyl (C=O) groups is 1. The van der Waals surface area contributed by atoms with Gasteiger partial charge < -0.3 is 15.0 Å². The maximum Gasteiger partial charge on any atom is 0.114 e. The summed E-state index contributed by atoms with van der Waals surface area (Å²) in [5, 5.41) is 18.5. The lowest BCUT2D eigenvalue weighted by atomic mass is 10.2. The summed E-state index contributed by atoms with van der Waals surface area (Å²) in [7, 11) is 0. The number of aliphatic carboxylic acids is 1. The number of rotatable bonds is 4. The maximum atomic E-state index is 9.82. The first-order valence-corrected chi connectivity index (χ1v) is 3.01. The number of aliphatic hydroxyl groups is 1. The van der Waals surface area contributed by atoms with Gasteiger partial charge in [0.15, 0.2) is 0 Å². The Morgan fingerprint density at radius 1 is 1.80 bits per heavy atom. The standard InChI is InChI=1S/C7H10O3/c1-2-6(8)4-3-5-7(9)10/h1,6,8H,3-5H2,(H,9,10)/p-1. The van der Waals surface area contributed by atoms with Crippen molar-refractivity contribution in [2.75, 3.05) is 0 Å². The van der Waals surface area contributed by atoms with Gasteiger partial charge in [-0.1, -0.05) is 5.92 Å². The fourth-order valence-corrected chi connectivity index (χ4v) is 0.523. The zero-order valence-corrected chi connectivity index (χ0v) is 5.54. The van der Waals surface area contributed by atoms with E-state index in [1.807, 2.05) is 0 Å². The molecule has 3 nitrogen and oxygen atoms in total. The van der Waals surface area contributed by atoms with Crippen molar-refractivity contribution in [2.24, 2.45) is 0 Å². The van der Waals surface area contributed by atoms with Crippen LogP contribution >= 0.6 is 0 Å². The molecule has 0 aromatic carbocycles. The first-order chi connectivity index (χ1) is 4.66. The van der Waals surface area contributed by atoms with E-state index in [1.54, 1.807) is 0 Å². The van der Waals surface area contributed by atoms with Crippen LogP contribution in [0.2, 0.25) is 0 Å². The van der Waals surface area contributed by atoms with E-state index in [4.69, 9.17) is 11.5 Å². The summed E-state index contributed by atoms with van der Waals surface area (Å²) >= 11 is 0. The molecule has 0 spiro atoms. The molecule has 0 fully saturated rings. The highest BCUT2D eigenvalue weighted by molar-refractivity contribution is 5.64. The van der Waals surface area contributed by atoms with Crippen molar-refractivity contribution in [3.8, 4) is 12.3 Å². The molecule has 0 aromatic heterocycles. The first-order valence-electron chi connectivity index (χ1n) is 3.01. The Hall–Kier alpha value is -1.01. The van der Waals surface area contributed by atoms with Gasteiger partial charge in [0.2, 0.25) is 0 Å². The van der Waals surface area contributed by atoms with E-state index in [0.29, 0.717) is 12.8 Å². The minimum Gasteiger partial charge on any atom is -0.550 e. The van der Waals surface area contributed by atoms with Crippen LogP contribution < -0.4 is 5.11 Å². The molecule has 0 rings (SSSR count). The maximum absolute atomic E-state index is 9.82. The summed E-state index contributed by atoms with van der Waals surface area (Å²) in [4.78, 5) is 9.82. The van der Waals surface area contributed by atoms with E-state index in [1.165, 1.54) is 0 Å². The average molecular weight is 141 g/mol. The third-order valence-corrected chi connectivity index (χ3v) is 1.05. The molecule has 0 aliphatic heterocycles. The largest absolute Gasteiger partial charge is 0.550 e. The SMILES string of the molecule is C#CC(O)CCCC(=O)[O-]. The second kappa shape index (κ2) is 4.83. The van der Waals surface area contributed by atoms with Crippen LogP contribution in [0.5, 0.6) is 0 Å². The molecule has 1 atom stereocenters. The first kappa shape index (κ1) is 8.99. The smallest absolute Gasteiger partial charge is 0.114 e. The van der Waals surface area contributed by atoms with Crippen molar-refractivity contribution in [1.29, 1.82) is 0 Å². The summed E-state index contributed by atoms with van der Waals surface area (Å²) in [5.41, 5.74) is 0. The van der Waals surface area contributed by atoms with Crippen molar-refractivity contribution < 1.29 is 15.0 Å². The molecule has 0 aromatic rings. The number of hydrogen-bond donors (Lipinski definition) is 1. The Labute approximate surface area is 59.7 Å². The summed E-state index contributed by atoms with van der Waals surface area (Å²) in [5.74, 6) is 0.974. The quantitative estimate of drug-likeness (QED) is 0.505. The van der Waals surface area contributed by atoms with Gasteiger partial charge in [0, 0.05) is 5.97 Å². The predicted octanol–water partition coefficient (Wildman–Crippen LogP) is -1.10. The lowest BCUT2D eigenvalue weighted by Crippen LogP contribution is -2.22. The van der Waals surface area contributed by atoms with Crippen LogP contribution in [0.3, 0.4) is 0 Å². The molecule has 0 heterocycles. The van der Waals surface area contributed by atoms with E-state index in [0.717, 1.165) is 0 Å². The number of terminal acetylenes is 1. The zero-order valence-electron chi connectivity index (χ0n) is 5.54. The monoisotopic (exact) mass is 141 g/mol. The number of carboxylic acid groups (broad SMARTS) is 1. The Kier molecular flexibility index (Phi) is 4.34. The van der Waals surface area contributed by atoms with Gasteiger partial charge in [-0.3, -0.25) is 0 Å². The third-order valence-electron chi connectivity index (χ3n) is 1.05. The molecule has 0 aliphatic carbocycles. The van der Waals surface area contributed by atoms with Gasteiger partial charge in [0.1, 0.15) is 6.10 Å². The topological polar surface area (TPSA) is 60.4 Å². The minimum absolute atomic E-state index is 0.0429. The molecule has 3 heteroatoms. The number of hydrogen-bond acceptors (Lipinski definition) is 3.